The average Bonchev–Trinajstić information content (AvgIpc) is 2.49. The largest absolute Gasteiger partial charge is 0.371 e. The van der Waals surface area contributed by atoms with Crippen LogP contribution in [-0.4, -0.2) is 22.2 Å². The van der Waals surface area contributed by atoms with E-state index < -0.39 is 0 Å². The Morgan fingerprint density at radius 1 is 1.19 bits per heavy atom. The van der Waals surface area contributed by atoms with Crippen LogP contribution in [-0.2, 0) is 0 Å². The van der Waals surface area contributed by atoms with E-state index >= 15 is 0 Å². The van der Waals surface area contributed by atoms with Crippen molar-refractivity contribution in [1.29, 1.82) is 0 Å². The minimum Gasteiger partial charge on any atom is -0.371 e. The number of nitrogens with one attached hydrogen (secondary N) is 2. The number of H-pyrrole nitrogens is 1. The quantitative estimate of drug-likeness (QED) is 0.758. The summed E-state index contributed by atoms with van der Waals surface area (Å²) < 4.78 is 14.4. The number of aryl methyl sites for hydroxylation is 1. The fourth-order valence-electron chi connectivity index (χ4n) is 2.29. The normalized spacial score (nSPS) is 10.8. The number of fused-ring (bicyclic) bond motifs is 1. The summed E-state index contributed by atoms with van der Waals surface area (Å²) in [6, 6.07) is 6.12. The fraction of sp³-hybridized carbons (Fsp3) is 0.133. The molecule has 3 aromatic rings. The second-order valence-corrected chi connectivity index (χ2v) is 4.70. The third-order valence-corrected chi connectivity index (χ3v) is 3.38. The van der Waals surface area contributed by atoms with Gasteiger partial charge in [0.15, 0.2) is 5.82 Å². The van der Waals surface area contributed by atoms with Gasteiger partial charge < -0.3 is 10.3 Å². The molecule has 0 spiro atoms. The highest BCUT2D eigenvalue weighted by atomic mass is 19.1. The third kappa shape index (κ3) is 2.24. The topological polar surface area (TPSA) is 70.7 Å². The Morgan fingerprint density at radius 3 is 2.67 bits per heavy atom. The molecule has 0 aliphatic carbocycles. The Hall–Kier alpha value is -2.76. The highest BCUT2D eigenvalue weighted by Gasteiger charge is 2.12. The van der Waals surface area contributed by atoms with Crippen LogP contribution >= 0.6 is 0 Å². The summed E-state index contributed by atoms with van der Waals surface area (Å²) in [6.07, 6.45) is 1.49. The summed E-state index contributed by atoms with van der Waals surface area (Å²) in [4.78, 5) is 13.7. The molecular formula is C15H13FN4O. The molecule has 0 saturated heterocycles. The molecule has 0 aliphatic rings. The number of anilines is 1. The van der Waals surface area contributed by atoms with Gasteiger partial charge in [0.1, 0.15) is 5.82 Å². The highest BCUT2D eigenvalue weighted by molar-refractivity contribution is 5.96. The number of hydrogen-bond donors (Lipinski definition) is 2. The van der Waals surface area contributed by atoms with Crippen LogP contribution in [0.2, 0.25) is 0 Å². The van der Waals surface area contributed by atoms with E-state index in [-0.39, 0.29) is 11.4 Å². The molecule has 3 rings (SSSR count). The van der Waals surface area contributed by atoms with Crippen molar-refractivity contribution in [2.24, 2.45) is 0 Å². The Kier molecular flexibility index (Phi) is 3.13. The smallest absolute Gasteiger partial charge is 0.247 e. The van der Waals surface area contributed by atoms with E-state index in [1.165, 1.54) is 18.3 Å². The van der Waals surface area contributed by atoms with Crippen molar-refractivity contribution in [3.05, 3.63) is 52.3 Å². The molecule has 0 saturated carbocycles. The van der Waals surface area contributed by atoms with Gasteiger partial charge in [-0.3, -0.25) is 4.79 Å². The summed E-state index contributed by atoms with van der Waals surface area (Å²) in [5.74, 6) is 0.217. The molecule has 0 atom stereocenters. The zero-order chi connectivity index (χ0) is 15.0. The first kappa shape index (κ1) is 13.2. The predicted octanol–water partition coefficient (Wildman–Crippen LogP) is 2.47. The minimum atomic E-state index is -0.368. The van der Waals surface area contributed by atoms with E-state index in [9.17, 15) is 9.18 Å². The van der Waals surface area contributed by atoms with Crippen LogP contribution in [0.4, 0.5) is 10.2 Å². The number of rotatable bonds is 2. The maximum absolute atomic E-state index is 14.4. The molecule has 5 nitrogen and oxygen atoms in total. The highest BCUT2D eigenvalue weighted by Crippen LogP contribution is 2.30. The minimum absolute atomic E-state index is 0.224. The molecule has 0 radical (unpaired) electrons. The number of aromatic amines is 1. The van der Waals surface area contributed by atoms with E-state index in [1.807, 2.05) is 0 Å². The van der Waals surface area contributed by atoms with E-state index in [2.05, 4.69) is 20.5 Å². The first-order chi connectivity index (χ1) is 10.1. The molecule has 0 amide bonds. The van der Waals surface area contributed by atoms with E-state index in [0.717, 1.165) is 5.39 Å². The maximum Gasteiger partial charge on any atom is 0.247 e. The lowest BCUT2D eigenvalue weighted by Gasteiger charge is -2.10. The van der Waals surface area contributed by atoms with Crippen molar-refractivity contribution in [2.75, 3.05) is 12.4 Å². The average molecular weight is 284 g/mol. The molecule has 2 heterocycles. The van der Waals surface area contributed by atoms with Crippen molar-refractivity contribution in [3.63, 3.8) is 0 Å². The molecule has 0 fully saturated rings. The third-order valence-electron chi connectivity index (χ3n) is 3.38. The maximum atomic E-state index is 14.4. The second-order valence-electron chi connectivity index (χ2n) is 4.70. The number of nitrogens with zero attached hydrogens (tertiary/aromatic N) is 2. The van der Waals surface area contributed by atoms with Gasteiger partial charge >= 0.3 is 0 Å². The summed E-state index contributed by atoms with van der Waals surface area (Å²) >= 11 is 0. The molecule has 0 bridgehead atoms. The van der Waals surface area contributed by atoms with Gasteiger partial charge in [-0.1, -0.05) is 0 Å². The molecule has 106 valence electrons. The van der Waals surface area contributed by atoms with Gasteiger partial charge in [-0.15, -0.1) is 5.10 Å². The summed E-state index contributed by atoms with van der Waals surface area (Å²) in [6.45, 7) is 1.79. The number of pyridine rings is 1. The number of benzene rings is 1. The Labute approximate surface area is 119 Å². The molecule has 2 N–H and O–H groups in total. The molecular weight excluding hydrogens is 271 g/mol. The lowest BCUT2D eigenvalue weighted by atomic mass is 10.0. The zero-order valence-electron chi connectivity index (χ0n) is 11.6. The molecule has 2 aromatic heterocycles. The Bertz CT molecular complexity index is 868. The summed E-state index contributed by atoms with van der Waals surface area (Å²) in [7, 11) is 1.74. The van der Waals surface area contributed by atoms with E-state index in [1.54, 1.807) is 26.1 Å². The predicted molar refractivity (Wildman–Crippen MR) is 79.8 cm³/mol. The fourth-order valence-corrected chi connectivity index (χ4v) is 2.29. The monoisotopic (exact) mass is 284 g/mol. The summed E-state index contributed by atoms with van der Waals surface area (Å²) in [5, 5.41) is 12.5. The van der Waals surface area contributed by atoms with Crippen LogP contribution in [0.5, 0.6) is 0 Å². The van der Waals surface area contributed by atoms with Crippen LogP contribution in [0.25, 0.3) is 21.9 Å². The van der Waals surface area contributed by atoms with Crippen LogP contribution < -0.4 is 10.9 Å². The van der Waals surface area contributed by atoms with Crippen LogP contribution in [0, 0.1) is 12.7 Å². The van der Waals surface area contributed by atoms with Gasteiger partial charge in [0.25, 0.3) is 0 Å². The van der Waals surface area contributed by atoms with Crippen LogP contribution in [0.3, 0.4) is 0 Å². The lowest BCUT2D eigenvalue weighted by molar-refractivity contribution is 0.633. The lowest BCUT2D eigenvalue weighted by Crippen LogP contribution is -2.02. The van der Waals surface area contributed by atoms with E-state index in [0.29, 0.717) is 28.0 Å². The van der Waals surface area contributed by atoms with Gasteiger partial charge in [-0.05, 0) is 25.1 Å². The van der Waals surface area contributed by atoms with Crippen molar-refractivity contribution in [2.45, 2.75) is 6.92 Å². The zero-order valence-corrected chi connectivity index (χ0v) is 11.6. The van der Waals surface area contributed by atoms with Crippen LogP contribution in [0.15, 0.2) is 35.3 Å². The van der Waals surface area contributed by atoms with Crippen molar-refractivity contribution < 1.29 is 4.39 Å². The first-order valence-electron chi connectivity index (χ1n) is 6.43. The molecule has 0 aliphatic heterocycles. The van der Waals surface area contributed by atoms with Gasteiger partial charge in [0.2, 0.25) is 5.56 Å². The molecule has 21 heavy (non-hydrogen) atoms. The molecule has 1 aromatic carbocycles. The van der Waals surface area contributed by atoms with Gasteiger partial charge in [-0.2, -0.15) is 5.10 Å². The summed E-state index contributed by atoms with van der Waals surface area (Å²) in [5.41, 5.74) is 1.45. The van der Waals surface area contributed by atoms with Gasteiger partial charge in [0.05, 0.1) is 5.69 Å². The number of halogens is 1. The van der Waals surface area contributed by atoms with Gasteiger partial charge in [0, 0.05) is 41.2 Å². The molecule has 6 heteroatoms. The Balaban J connectivity index is 2.31. The first-order valence-corrected chi connectivity index (χ1v) is 6.43. The van der Waals surface area contributed by atoms with Gasteiger partial charge in [-0.25, -0.2) is 4.39 Å². The number of aromatic nitrogens is 3. The van der Waals surface area contributed by atoms with E-state index in [4.69, 9.17) is 0 Å². The second kappa shape index (κ2) is 4.97. The van der Waals surface area contributed by atoms with Crippen LogP contribution in [0.1, 0.15) is 5.69 Å². The number of hydrogen-bond acceptors (Lipinski definition) is 4. The Morgan fingerprint density at radius 2 is 2.00 bits per heavy atom. The van der Waals surface area contributed by atoms with Crippen molar-refractivity contribution >= 4 is 16.6 Å². The standard InChI is InChI=1S/C15H13FN4O/c1-8-10-6-13(16)11(9-3-4-14(21)18-7-9)5-12(10)15(17-2)20-19-8/h3-7H,1-2H3,(H,17,20)(H,18,21). The molecule has 0 unspecified atom stereocenters. The van der Waals surface area contributed by atoms with Crippen molar-refractivity contribution in [1.82, 2.24) is 15.2 Å². The SMILES string of the molecule is CNc1nnc(C)c2cc(F)c(-c3ccc(=O)[nH]c3)cc12. The van der Waals surface area contributed by atoms with Crippen molar-refractivity contribution in [3.8, 4) is 11.1 Å².